The second-order valence-corrected chi connectivity index (χ2v) is 9.10. The van der Waals surface area contributed by atoms with E-state index in [0.717, 1.165) is 35.9 Å². The van der Waals surface area contributed by atoms with Crippen LogP contribution in [0.1, 0.15) is 43.0 Å². The van der Waals surface area contributed by atoms with E-state index < -0.39 is 0 Å². The Kier molecular flexibility index (Phi) is 7.06. The molecule has 1 aliphatic carbocycles. The summed E-state index contributed by atoms with van der Waals surface area (Å²) in [6, 6.07) is 15.9. The van der Waals surface area contributed by atoms with Crippen molar-refractivity contribution in [1.82, 2.24) is 4.90 Å². The van der Waals surface area contributed by atoms with Gasteiger partial charge in [-0.3, -0.25) is 9.59 Å². The predicted octanol–water partition coefficient (Wildman–Crippen LogP) is 7.52. The fraction of sp³-hybridized carbons (Fsp3) is 0.259. The molecular weight excluding hydrogens is 457 g/mol. The summed E-state index contributed by atoms with van der Waals surface area (Å²) in [5, 5.41) is 1.50. The molecule has 4 nitrogen and oxygen atoms in total. The molecule has 1 amide bonds. The van der Waals surface area contributed by atoms with E-state index in [-0.39, 0.29) is 16.4 Å². The van der Waals surface area contributed by atoms with Crippen LogP contribution in [0, 0.1) is 0 Å². The fourth-order valence-corrected chi connectivity index (χ4v) is 4.39. The van der Waals surface area contributed by atoms with E-state index in [1.165, 1.54) is 18.9 Å². The van der Waals surface area contributed by atoms with Crippen LogP contribution in [0.2, 0.25) is 10.0 Å². The number of carbonyl (C=O) groups is 1. The van der Waals surface area contributed by atoms with Gasteiger partial charge in [-0.1, -0.05) is 61.5 Å². The third-order valence-corrected chi connectivity index (χ3v) is 6.38. The van der Waals surface area contributed by atoms with Gasteiger partial charge in [0.25, 0.3) is 5.91 Å². The Hall–Kier alpha value is -2.82. The van der Waals surface area contributed by atoms with Crippen LogP contribution < -0.4 is 5.43 Å². The van der Waals surface area contributed by atoms with Crippen molar-refractivity contribution in [2.24, 2.45) is 0 Å². The lowest BCUT2D eigenvalue weighted by atomic mass is 9.93. The van der Waals surface area contributed by atoms with Gasteiger partial charge in [0.2, 0.25) is 5.43 Å². The standard InChI is InChI=1S/C27H25Cl2NO3/c1-3-4-5-6-13-30(2)27(32)18-9-7-17(8-10-18)26-20-14-19(28)11-12-24(20)33-25-16-23(31)22(29)15-21(25)26/h7-12,14-16H,3-6,13H2,1-2H3. The van der Waals surface area contributed by atoms with Gasteiger partial charge in [0, 0.05) is 46.8 Å². The number of hydrogen-bond donors (Lipinski definition) is 0. The Bertz CT molecular complexity index is 1330. The Balaban J connectivity index is 1.74. The number of carbonyl (C=O) groups excluding carboxylic acids is 1. The summed E-state index contributed by atoms with van der Waals surface area (Å²) in [5.41, 5.74) is 3.37. The minimum atomic E-state index is -0.296. The van der Waals surface area contributed by atoms with Crippen molar-refractivity contribution in [2.75, 3.05) is 13.6 Å². The average molecular weight is 482 g/mol. The van der Waals surface area contributed by atoms with Crippen LogP contribution in [0.15, 0.2) is 63.8 Å². The van der Waals surface area contributed by atoms with Crippen LogP contribution in [-0.4, -0.2) is 24.4 Å². The van der Waals surface area contributed by atoms with Gasteiger partial charge in [-0.2, -0.15) is 0 Å². The number of hydrogen-bond acceptors (Lipinski definition) is 3. The van der Waals surface area contributed by atoms with Gasteiger partial charge in [0.15, 0.2) is 0 Å². The van der Waals surface area contributed by atoms with Gasteiger partial charge in [-0.05, 0) is 48.4 Å². The van der Waals surface area contributed by atoms with E-state index in [2.05, 4.69) is 6.92 Å². The summed E-state index contributed by atoms with van der Waals surface area (Å²) in [4.78, 5) is 26.7. The lowest BCUT2D eigenvalue weighted by Crippen LogP contribution is -2.27. The second-order valence-electron chi connectivity index (χ2n) is 8.26. The quantitative estimate of drug-likeness (QED) is 0.202. The molecule has 0 fully saturated rings. The zero-order valence-electron chi connectivity index (χ0n) is 18.7. The molecule has 4 rings (SSSR count). The average Bonchev–Trinajstić information content (AvgIpc) is 2.81. The Morgan fingerprint density at radius 3 is 2.45 bits per heavy atom. The maximum atomic E-state index is 12.8. The van der Waals surface area contributed by atoms with Crippen molar-refractivity contribution in [2.45, 2.75) is 32.6 Å². The van der Waals surface area contributed by atoms with Gasteiger partial charge < -0.3 is 9.32 Å². The molecule has 2 aromatic carbocycles. The maximum Gasteiger partial charge on any atom is 0.253 e. The fourth-order valence-electron chi connectivity index (χ4n) is 4.05. The van der Waals surface area contributed by atoms with E-state index in [1.54, 1.807) is 23.1 Å². The summed E-state index contributed by atoms with van der Waals surface area (Å²) < 4.78 is 5.97. The predicted molar refractivity (Wildman–Crippen MR) is 136 cm³/mol. The summed E-state index contributed by atoms with van der Waals surface area (Å²) in [7, 11) is 1.84. The molecule has 0 saturated carbocycles. The van der Waals surface area contributed by atoms with Gasteiger partial charge in [-0.15, -0.1) is 0 Å². The van der Waals surface area contributed by atoms with Crippen LogP contribution >= 0.6 is 23.2 Å². The highest BCUT2D eigenvalue weighted by molar-refractivity contribution is 6.32. The highest BCUT2D eigenvalue weighted by Crippen LogP contribution is 2.41. The van der Waals surface area contributed by atoms with E-state index in [9.17, 15) is 9.59 Å². The first-order chi connectivity index (χ1) is 15.9. The van der Waals surface area contributed by atoms with E-state index in [1.807, 2.05) is 37.4 Å². The molecule has 0 radical (unpaired) electrons. The number of benzene rings is 3. The van der Waals surface area contributed by atoms with Crippen molar-refractivity contribution in [3.63, 3.8) is 0 Å². The number of rotatable bonds is 7. The number of nitrogens with zero attached hydrogens (tertiary/aromatic N) is 1. The number of amides is 1. The molecule has 0 unspecified atom stereocenters. The minimum absolute atomic E-state index is 0.00193. The van der Waals surface area contributed by atoms with Crippen molar-refractivity contribution >= 4 is 40.1 Å². The van der Waals surface area contributed by atoms with Crippen molar-refractivity contribution in [3.05, 3.63) is 80.4 Å². The number of fused-ring (bicyclic) bond motifs is 2. The molecule has 1 heterocycles. The van der Waals surface area contributed by atoms with E-state index in [0.29, 0.717) is 27.5 Å². The highest BCUT2D eigenvalue weighted by atomic mass is 35.5. The van der Waals surface area contributed by atoms with Crippen molar-refractivity contribution in [3.8, 4) is 22.5 Å². The Morgan fingerprint density at radius 1 is 0.970 bits per heavy atom. The van der Waals surface area contributed by atoms with Gasteiger partial charge in [0.05, 0.1) is 5.02 Å². The number of unbranched alkanes of at least 4 members (excludes halogenated alkanes) is 3. The first kappa shape index (κ1) is 23.3. The van der Waals surface area contributed by atoms with Gasteiger partial charge in [0.1, 0.15) is 11.3 Å². The van der Waals surface area contributed by atoms with Crippen LogP contribution in [0.3, 0.4) is 0 Å². The zero-order chi connectivity index (χ0) is 23.5. The van der Waals surface area contributed by atoms with Crippen LogP contribution in [0.25, 0.3) is 33.4 Å². The third kappa shape index (κ3) is 4.92. The molecule has 0 atom stereocenters. The Labute approximate surface area is 203 Å². The molecule has 2 aromatic rings. The molecule has 0 bridgehead atoms. The molecule has 0 spiro atoms. The zero-order valence-corrected chi connectivity index (χ0v) is 20.2. The molecule has 2 aliphatic rings. The van der Waals surface area contributed by atoms with Crippen LogP contribution in [-0.2, 0) is 0 Å². The summed E-state index contributed by atoms with van der Waals surface area (Å²) in [6.07, 6.45) is 4.48. The highest BCUT2D eigenvalue weighted by Gasteiger charge is 2.20. The smallest absolute Gasteiger partial charge is 0.253 e. The first-order valence-electron chi connectivity index (χ1n) is 11.1. The topological polar surface area (TPSA) is 50.5 Å². The first-order valence-corrected chi connectivity index (χ1v) is 11.9. The molecule has 0 N–H and O–H groups in total. The maximum absolute atomic E-state index is 12.8. The second kappa shape index (κ2) is 9.98. The lowest BCUT2D eigenvalue weighted by Gasteiger charge is -2.18. The molecule has 6 heteroatoms. The number of halogens is 2. The molecule has 1 aliphatic heterocycles. The summed E-state index contributed by atoms with van der Waals surface area (Å²) >= 11 is 12.4. The summed E-state index contributed by atoms with van der Waals surface area (Å²) in [6.45, 7) is 2.91. The normalized spacial score (nSPS) is 11.3. The van der Waals surface area contributed by atoms with Crippen LogP contribution in [0.4, 0.5) is 0 Å². The van der Waals surface area contributed by atoms with E-state index >= 15 is 0 Å². The molecular formula is C27H25Cl2NO3. The third-order valence-electron chi connectivity index (χ3n) is 5.85. The molecule has 0 aromatic heterocycles. The largest absolute Gasteiger partial charge is 0.456 e. The van der Waals surface area contributed by atoms with Gasteiger partial charge in [-0.25, -0.2) is 0 Å². The van der Waals surface area contributed by atoms with Crippen LogP contribution in [0.5, 0.6) is 0 Å². The SMILES string of the molecule is CCCCCCN(C)C(=O)c1ccc(-c2c3cc(Cl)c(=O)cc-3oc3ccc(Cl)cc23)cc1. The van der Waals surface area contributed by atoms with Crippen molar-refractivity contribution < 1.29 is 9.21 Å². The molecule has 170 valence electrons. The van der Waals surface area contributed by atoms with E-state index in [4.69, 9.17) is 27.6 Å². The van der Waals surface area contributed by atoms with Crippen molar-refractivity contribution in [1.29, 1.82) is 0 Å². The Morgan fingerprint density at radius 2 is 1.73 bits per heavy atom. The minimum Gasteiger partial charge on any atom is -0.456 e. The summed E-state index contributed by atoms with van der Waals surface area (Å²) in [5.74, 6) is 0.444. The molecule has 33 heavy (non-hydrogen) atoms. The van der Waals surface area contributed by atoms with Gasteiger partial charge >= 0.3 is 0 Å². The lowest BCUT2D eigenvalue weighted by molar-refractivity contribution is 0.0792. The monoisotopic (exact) mass is 481 g/mol. The molecule has 0 saturated heterocycles.